The first-order valence-electron chi connectivity index (χ1n) is 8.22. The Hall–Kier alpha value is -0.570. The molecule has 3 heteroatoms. The lowest BCUT2D eigenvalue weighted by Crippen LogP contribution is -2.47. The maximum absolute atomic E-state index is 11.8. The first-order valence-corrected chi connectivity index (χ1v) is 8.22. The van der Waals surface area contributed by atoms with E-state index >= 15 is 0 Å². The van der Waals surface area contributed by atoms with Crippen LogP contribution in [0.1, 0.15) is 51.4 Å². The molecule has 0 aromatic rings. The van der Waals surface area contributed by atoms with Crippen LogP contribution in [0.15, 0.2) is 0 Å². The fraction of sp³-hybridized carbons (Fsp3) is 0.938. The Labute approximate surface area is 117 Å². The van der Waals surface area contributed by atoms with Gasteiger partial charge in [-0.05, 0) is 44.1 Å². The van der Waals surface area contributed by atoms with Gasteiger partial charge < -0.3 is 9.80 Å². The van der Waals surface area contributed by atoms with E-state index in [0.29, 0.717) is 11.9 Å². The number of carbonyl (C=O) groups is 1. The van der Waals surface area contributed by atoms with Crippen LogP contribution < -0.4 is 0 Å². The fourth-order valence-electron chi connectivity index (χ4n) is 4.42. The molecule has 3 nitrogen and oxygen atoms in total. The molecule has 0 N–H and O–H groups in total. The van der Waals surface area contributed by atoms with Crippen LogP contribution in [0.2, 0.25) is 0 Å². The number of nitrogens with zero attached hydrogens (tertiary/aromatic N) is 2. The zero-order valence-corrected chi connectivity index (χ0v) is 12.3. The van der Waals surface area contributed by atoms with Gasteiger partial charge in [0.15, 0.2) is 0 Å². The fourth-order valence-corrected chi connectivity index (χ4v) is 4.42. The van der Waals surface area contributed by atoms with Gasteiger partial charge in [0.25, 0.3) is 0 Å². The summed E-state index contributed by atoms with van der Waals surface area (Å²) in [5, 5.41) is 0. The molecule has 3 atom stereocenters. The van der Waals surface area contributed by atoms with Crippen LogP contribution in [0.5, 0.6) is 0 Å². The summed E-state index contributed by atoms with van der Waals surface area (Å²) in [7, 11) is 1.96. The molecule has 0 aromatic heterocycles. The number of hydrogen-bond donors (Lipinski definition) is 0. The van der Waals surface area contributed by atoms with Gasteiger partial charge in [-0.3, -0.25) is 4.79 Å². The first kappa shape index (κ1) is 13.4. The highest BCUT2D eigenvalue weighted by Crippen LogP contribution is 2.37. The smallest absolute Gasteiger partial charge is 0.222 e. The van der Waals surface area contributed by atoms with Gasteiger partial charge in [0.05, 0.1) is 0 Å². The molecule has 3 aliphatic rings. The zero-order chi connectivity index (χ0) is 13.2. The Morgan fingerprint density at radius 1 is 0.947 bits per heavy atom. The van der Waals surface area contributed by atoms with Gasteiger partial charge in [-0.15, -0.1) is 0 Å². The Morgan fingerprint density at radius 2 is 1.74 bits per heavy atom. The maximum atomic E-state index is 11.8. The SMILES string of the molecule is CN1CCC(N2CC[C@@H]3CCCC[C@H]3C2)CCC1=O. The maximum Gasteiger partial charge on any atom is 0.222 e. The second-order valence-electron chi connectivity index (χ2n) is 6.88. The molecule has 0 aromatic carbocycles. The quantitative estimate of drug-likeness (QED) is 0.726. The van der Waals surface area contributed by atoms with E-state index < -0.39 is 0 Å². The third-order valence-electron chi connectivity index (χ3n) is 5.75. The molecule has 1 amide bonds. The van der Waals surface area contributed by atoms with Crippen LogP contribution in [0.3, 0.4) is 0 Å². The molecular formula is C16H28N2O. The third kappa shape index (κ3) is 2.96. The number of rotatable bonds is 1. The minimum Gasteiger partial charge on any atom is -0.346 e. The van der Waals surface area contributed by atoms with Crippen molar-refractivity contribution in [3.8, 4) is 0 Å². The van der Waals surface area contributed by atoms with E-state index in [2.05, 4.69) is 4.90 Å². The lowest BCUT2D eigenvalue weighted by molar-refractivity contribution is -0.129. The molecule has 0 bridgehead atoms. The van der Waals surface area contributed by atoms with Gasteiger partial charge in [0.2, 0.25) is 5.91 Å². The summed E-state index contributed by atoms with van der Waals surface area (Å²) in [6.45, 7) is 3.55. The van der Waals surface area contributed by atoms with E-state index in [-0.39, 0.29) is 0 Å². The second kappa shape index (κ2) is 5.82. The molecule has 2 aliphatic heterocycles. The molecule has 108 valence electrons. The predicted octanol–water partition coefficient (Wildman–Crippen LogP) is 2.51. The van der Waals surface area contributed by atoms with E-state index in [1.165, 1.54) is 51.6 Å². The van der Waals surface area contributed by atoms with Crippen LogP contribution in [-0.4, -0.2) is 48.4 Å². The van der Waals surface area contributed by atoms with Crippen molar-refractivity contribution in [2.24, 2.45) is 11.8 Å². The molecule has 19 heavy (non-hydrogen) atoms. The van der Waals surface area contributed by atoms with Crippen molar-refractivity contribution in [1.29, 1.82) is 0 Å². The number of piperidine rings is 1. The van der Waals surface area contributed by atoms with E-state index in [0.717, 1.165) is 31.2 Å². The number of likely N-dealkylation sites (tertiary alicyclic amines) is 2. The average Bonchev–Trinajstić information content (AvgIpc) is 2.61. The van der Waals surface area contributed by atoms with Gasteiger partial charge in [-0.25, -0.2) is 0 Å². The van der Waals surface area contributed by atoms with E-state index in [9.17, 15) is 4.79 Å². The van der Waals surface area contributed by atoms with Gasteiger partial charge in [0, 0.05) is 32.6 Å². The monoisotopic (exact) mass is 264 g/mol. The summed E-state index contributed by atoms with van der Waals surface area (Å²) in [5.74, 6) is 2.31. The summed E-state index contributed by atoms with van der Waals surface area (Å²) in [4.78, 5) is 16.4. The van der Waals surface area contributed by atoms with Crippen molar-refractivity contribution in [2.75, 3.05) is 26.7 Å². The minimum absolute atomic E-state index is 0.343. The van der Waals surface area contributed by atoms with Gasteiger partial charge >= 0.3 is 0 Å². The molecular weight excluding hydrogens is 236 g/mol. The summed E-state index contributed by atoms with van der Waals surface area (Å²) < 4.78 is 0. The molecule has 3 rings (SSSR count). The summed E-state index contributed by atoms with van der Waals surface area (Å²) in [6, 6.07) is 0.664. The standard InChI is InChI=1S/C16H28N2O/c1-17-10-9-15(6-7-16(17)19)18-11-8-13-4-2-3-5-14(13)12-18/h13-15H,2-12H2,1H3/t13-,14-,15?/m0/s1. The number of amides is 1. The normalized spacial score (nSPS) is 37.8. The zero-order valence-electron chi connectivity index (χ0n) is 12.3. The highest BCUT2D eigenvalue weighted by Gasteiger charge is 2.34. The first-order chi connectivity index (χ1) is 9.24. The molecule has 2 saturated heterocycles. The highest BCUT2D eigenvalue weighted by atomic mass is 16.2. The van der Waals surface area contributed by atoms with Crippen molar-refractivity contribution in [3.05, 3.63) is 0 Å². The van der Waals surface area contributed by atoms with E-state index in [1.807, 2.05) is 11.9 Å². The number of fused-ring (bicyclic) bond motifs is 1. The molecule has 0 radical (unpaired) electrons. The average molecular weight is 264 g/mol. The number of hydrogen-bond acceptors (Lipinski definition) is 2. The Morgan fingerprint density at radius 3 is 2.58 bits per heavy atom. The lowest BCUT2D eigenvalue weighted by Gasteiger charge is -2.44. The lowest BCUT2D eigenvalue weighted by atomic mass is 9.74. The van der Waals surface area contributed by atoms with Crippen LogP contribution in [-0.2, 0) is 4.79 Å². The Bertz CT molecular complexity index is 331. The van der Waals surface area contributed by atoms with E-state index in [1.54, 1.807) is 0 Å². The van der Waals surface area contributed by atoms with Crippen LogP contribution in [0.25, 0.3) is 0 Å². The van der Waals surface area contributed by atoms with Crippen LogP contribution in [0.4, 0.5) is 0 Å². The van der Waals surface area contributed by atoms with Gasteiger partial charge in [-0.1, -0.05) is 19.3 Å². The van der Waals surface area contributed by atoms with Crippen LogP contribution in [0, 0.1) is 11.8 Å². The molecule has 3 fully saturated rings. The molecule has 1 aliphatic carbocycles. The van der Waals surface area contributed by atoms with Crippen molar-refractivity contribution in [2.45, 2.75) is 57.4 Å². The van der Waals surface area contributed by atoms with Crippen LogP contribution >= 0.6 is 0 Å². The largest absolute Gasteiger partial charge is 0.346 e. The predicted molar refractivity (Wildman–Crippen MR) is 76.9 cm³/mol. The topological polar surface area (TPSA) is 23.6 Å². The highest BCUT2D eigenvalue weighted by molar-refractivity contribution is 5.76. The summed E-state index contributed by atoms with van der Waals surface area (Å²) in [6.07, 6.45) is 10.3. The second-order valence-corrected chi connectivity index (χ2v) is 6.88. The van der Waals surface area contributed by atoms with Crippen molar-refractivity contribution < 1.29 is 4.79 Å². The van der Waals surface area contributed by atoms with Gasteiger partial charge in [0.1, 0.15) is 0 Å². The van der Waals surface area contributed by atoms with E-state index in [4.69, 9.17) is 0 Å². The summed E-state index contributed by atoms with van der Waals surface area (Å²) >= 11 is 0. The molecule has 2 heterocycles. The Kier molecular flexibility index (Phi) is 4.11. The van der Waals surface area contributed by atoms with Gasteiger partial charge in [-0.2, -0.15) is 0 Å². The molecule has 1 unspecified atom stereocenters. The van der Waals surface area contributed by atoms with Crippen molar-refractivity contribution in [3.63, 3.8) is 0 Å². The minimum atomic E-state index is 0.343. The third-order valence-corrected chi connectivity index (χ3v) is 5.75. The molecule has 0 spiro atoms. The Balaban J connectivity index is 1.58. The van der Waals surface area contributed by atoms with Crippen molar-refractivity contribution >= 4 is 5.91 Å². The van der Waals surface area contributed by atoms with Crippen molar-refractivity contribution in [1.82, 2.24) is 9.80 Å². The number of carbonyl (C=O) groups excluding carboxylic acids is 1. The summed E-state index contributed by atoms with van der Waals surface area (Å²) in [5.41, 5.74) is 0. The molecule has 1 saturated carbocycles.